The van der Waals surface area contributed by atoms with Gasteiger partial charge >= 0.3 is 0 Å². The molecule has 0 aliphatic heterocycles. The highest BCUT2D eigenvalue weighted by molar-refractivity contribution is 5.35. The molecular formula is C10H12N2O. The fourth-order valence-corrected chi connectivity index (χ4v) is 1.60. The van der Waals surface area contributed by atoms with Crippen molar-refractivity contribution in [3.63, 3.8) is 0 Å². The maximum Gasteiger partial charge on any atom is 0.125 e. The highest BCUT2D eigenvalue weighted by atomic mass is 16.3. The van der Waals surface area contributed by atoms with Crippen LogP contribution < -0.4 is 0 Å². The number of hydrogen-bond acceptors (Lipinski definition) is 3. The molecule has 1 aliphatic carbocycles. The molecule has 0 heterocycles. The highest BCUT2D eigenvalue weighted by Crippen LogP contribution is 2.25. The van der Waals surface area contributed by atoms with Crippen LogP contribution in [0.2, 0.25) is 0 Å². The van der Waals surface area contributed by atoms with Gasteiger partial charge in [-0.25, -0.2) is 0 Å². The van der Waals surface area contributed by atoms with Gasteiger partial charge in [0.1, 0.15) is 17.7 Å². The number of rotatable bonds is 1. The first kappa shape index (κ1) is 9.77. The van der Waals surface area contributed by atoms with E-state index in [4.69, 9.17) is 10.5 Å². The van der Waals surface area contributed by atoms with Crippen molar-refractivity contribution in [2.24, 2.45) is 5.92 Å². The van der Waals surface area contributed by atoms with Gasteiger partial charge in [0.15, 0.2) is 0 Å². The van der Waals surface area contributed by atoms with Gasteiger partial charge in [-0.3, -0.25) is 0 Å². The number of allylic oxidation sites excluding steroid dienone is 2. The van der Waals surface area contributed by atoms with E-state index in [1.54, 1.807) is 6.08 Å². The zero-order chi connectivity index (χ0) is 9.68. The molecule has 0 bridgehead atoms. The van der Waals surface area contributed by atoms with Crippen molar-refractivity contribution in [2.45, 2.75) is 31.8 Å². The standard InChI is InChI=1S/C10H12N2O/c11-6-9(7-12)5-8-1-3-10(13)4-2-8/h5,8,10,13H,1-4H2. The van der Waals surface area contributed by atoms with Crippen molar-refractivity contribution >= 4 is 0 Å². The lowest BCUT2D eigenvalue weighted by Crippen LogP contribution is -2.16. The van der Waals surface area contributed by atoms with Crippen molar-refractivity contribution in [3.05, 3.63) is 11.6 Å². The molecule has 68 valence electrons. The van der Waals surface area contributed by atoms with E-state index in [1.807, 2.05) is 12.1 Å². The van der Waals surface area contributed by atoms with E-state index in [2.05, 4.69) is 0 Å². The molecule has 3 nitrogen and oxygen atoms in total. The number of aliphatic hydroxyl groups excluding tert-OH is 1. The summed E-state index contributed by atoms with van der Waals surface area (Å²) in [6.45, 7) is 0. The molecule has 0 spiro atoms. The maximum atomic E-state index is 9.22. The molecule has 0 aromatic heterocycles. The van der Waals surface area contributed by atoms with Crippen molar-refractivity contribution < 1.29 is 5.11 Å². The van der Waals surface area contributed by atoms with Gasteiger partial charge in [-0.2, -0.15) is 10.5 Å². The number of aliphatic hydroxyl groups is 1. The van der Waals surface area contributed by atoms with Crippen LogP contribution >= 0.6 is 0 Å². The van der Waals surface area contributed by atoms with E-state index in [9.17, 15) is 5.11 Å². The smallest absolute Gasteiger partial charge is 0.125 e. The van der Waals surface area contributed by atoms with Crippen LogP contribution in [0.4, 0.5) is 0 Å². The lowest BCUT2D eigenvalue weighted by Gasteiger charge is -2.22. The van der Waals surface area contributed by atoms with Gasteiger partial charge in [0.2, 0.25) is 0 Å². The second-order valence-electron chi connectivity index (χ2n) is 3.37. The molecule has 0 atom stereocenters. The zero-order valence-electron chi connectivity index (χ0n) is 7.40. The summed E-state index contributed by atoms with van der Waals surface area (Å²) in [5, 5.41) is 26.3. The first-order valence-corrected chi connectivity index (χ1v) is 4.46. The van der Waals surface area contributed by atoms with E-state index in [0.717, 1.165) is 25.7 Å². The predicted molar refractivity (Wildman–Crippen MR) is 47.3 cm³/mol. The first-order chi connectivity index (χ1) is 6.26. The van der Waals surface area contributed by atoms with Gasteiger partial charge in [-0.05, 0) is 31.6 Å². The summed E-state index contributed by atoms with van der Waals surface area (Å²) in [6.07, 6.45) is 4.88. The van der Waals surface area contributed by atoms with Gasteiger partial charge < -0.3 is 5.11 Å². The van der Waals surface area contributed by atoms with Crippen LogP contribution in [0.3, 0.4) is 0 Å². The first-order valence-electron chi connectivity index (χ1n) is 4.46. The van der Waals surface area contributed by atoms with Gasteiger partial charge in [-0.1, -0.05) is 6.08 Å². The molecule has 1 saturated carbocycles. The minimum Gasteiger partial charge on any atom is -0.393 e. The summed E-state index contributed by atoms with van der Waals surface area (Å²) >= 11 is 0. The zero-order valence-corrected chi connectivity index (χ0v) is 7.40. The maximum absolute atomic E-state index is 9.22. The topological polar surface area (TPSA) is 67.8 Å². The van der Waals surface area contributed by atoms with Gasteiger partial charge in [-0.15, -0.1) is 0 Å². The van der Waals surface area contributed by atoms with E-state index >= 15 is 0 Å². The molecule has 0 aromatic rings. The largest absolute Gasteiger partial charge is 0.393 e. The Bertz CT molecular complexity index is 258. The van der Waals surface area contributed by atoms with E-state index in [1.165, 1.54) is 0 Å². The molecule has 1 fully saturated rings. The van der Waals surface area contributed by atoms with Gasteiger partial charge in [0, 0.05) is 0 Å². The predicted octanol–water partition coefficient (Wildman–Crippen LogP) is 1.51. The molecule has 0 unspecified atom stereocenters. The summed E-state index contributed by atoms with van der Waals surface area (Å²) in [6, 6.07) is 3.70. The van der Waals surface area contributed by atoms with Crippen molar-refractivity contribution in [1.82, 2.24) is 0 Å². The SMILES string of the molecule is N#CC(C#N)=CC1CCC(O)CC1. The van der Waals surface area contributed by atoms with Crippen LogP contribution in [-0.2, 0) is 0 Å². The molecule has 1 N–H and O–H groups in total. The van der Waals surface area contributed by atoms with Crippen LogP contribution in [0.5, 0.6) is 0 Å². The average Bonchev–Trinajstić information content (AvgIpc) is 2.17. The fourth-order valence-electron chi connectivity index (χ4n) is 1.60. The molecule has 3 heteroatoms. The fraction of sp³-hybridized carbons (Fsp3) is 0.600. The van der Waals surface area contributed by atoms with Crippen molar-refractivity contribution in [3.8, 4) is 12.1 Å². The number of nitriles is 2. The Labute approximate surface area is 77.9 Å². The minimum absolute atomic E-state index is 0.183. The Kier molecular flexibility index (Phi) is 3.49. The quantitative estimate of drug-likeness (QED) is 0.616. The molecule has 1 aliphatic rings. The van der Waals surface area contributed by atoms with Crippen LogP contribution in [0.1, 0.15) is 25.7 Å². The van der Waals surface area contributed by atoms with Crippen molar-refractivity contribution in [2.75, 3.05) is 0 Å². The van der Waals surface area contributed by atoms with Gasteiger partial charge in [0.05, 0.1) is 6.10 Å². The molecule has 0 saturated heterocycles. The van der Waals surface area contributed by atoms with E-state index in [0.29, 0.717) is 5.92 Å². The minimum atomic E-state index is -0.183. The molecule has 13 heavy (non-hydrogen) atoms. The number of nitrogens with zero attached hydrogens (tertiary/aromatic N) is 2. The highest BCUT2D eigenvalue weighted by Gasteiger charge is 2.17. The van der Waals surface area contributed by atoms with Crippen molar-refractivity contribution in [1.29, 1.82) is 10.5 Å². The summed E-state index contributed by atoms with van der Waals surface area (Å²) in [5.41, 5.74) is 0.196. The molecule has 1 rings (SSSR count). The van der Waals surface area contributed by atoms with Crippen LogP contribution in [0.15, 0.2) is 11.6 Å². The van der Waals surface area contributed by atoms with Gasteiger partial charge in [0.25, 0.3) is 0 Å². The summed E-state index contributed by atoms with van der Waals surface area (Å²) in [7, 11) is 0. The molecule has 0 radical (unpaired) electrons. The normalized spacial score (nSPS) is 27.0. The average molecular weight is 176 g/mol. The summed E-state index contributed by atoms with van der Waals surface area (Å²) in [4.78, 5) is 0. The van der Waals surface area contributed by atoms with E-state index in [-0.39, 0.29) is 11.7 Å². The van der Waals surface area contributed by atoms with Crippen LogP contribution in [0.25, 0.3) is 0 Å². The Morgan fingerprint density at radius 3 is 2.15 bits per heavy atom. The molecular weight excluding hydrogens is 164 g/mol. The molecule has 0 amide bonds. The third-order valence-corrected chi connectivity index (χ3v) is 2.38. The Hall–Kier alpha value is -1.32. The van der Waals surface area contributed by atoms with Crippen LogP contribution in [0, 0.1) is 28.6 Å². The third kappa shape index (κ3) is 2.89. The van der Waals surface area contributed by atoms with E-state index < -0.39 is 0 Å². The monoisotopic (exact) mass is 176 g/mol. The lowest BCUT2D eigenvalue weighted by molar-refractivity contribution is 0.118. The Balaban J connectivity index is 2.52. The lowest BCUT2D eigenvalue weighted by atomic mass is 9.86. The number of hydrogen-bond donors (Lipinski definition) is 1. The van der Waals surface area contributed by atoms with Crippen LogP contribution in [-0.4, -0.2) is 11.2 Å². The second-order valence-corrected chi connectivity index (χ2v) is 3.37. The summed E-state index contributed by atoms with van der Waals surface area (Å²) < 4.78 is 0. The molecule has 0 aromatic carbocycles. The Morgan fingerprint density at radius 2 is 1.69 bits per heavy atom. The third-order valence-electron chi connectivity index (χ3n) is 2.38. The summed E-state index contributed by atoms with van der Waals surface area (Å²) in [5.74, 6) is 0.303. The Morgan fingerprint density at radius 1 is 1.15 bits per heavy atom. The second kappa shape index (κ2) is 4.64.